The SMILES string of the molecule is Cc1ccc(Cl)cc1NS(=O)(=O)c1ccc(NC(=O)c2cc(S(=O)(=O)N3CCCCC3)ccc2Cl)cc1. The number of sulfonamides is 2. The van der Waals surface area contributed by atoms with Crippen LogP contribution in [0.25, 0.3) is 0 Å². The normalized spacial score (nSPS) is 14.8. The third-order valence-electron chi connectivity index (χ3n) is 6.00. The highest BCUT2D eigenvalue weighted by Crippen LogP contribution is 2.27. The Morgan fingerprint density at radius 3 is 2.16 bits per heavy atom. The van der Waals surface area contributed by atoms with Crippen molar-refractivity contribution in [3.8, 4) is 0 Å². The zero-order chi connectivity index (χ0) is 26.8. The fourth-order valence-electron chi connectivity index (χ4n) is 3.92. The van der Waals surface area contributed by atoms with Crippen LogP contribution in [-0.2, 0) is 20.0 Å². The Kier molecular flexibility index (Phi) is 8.15. The molecule has 1 aliphatic heterocycles. The Morgan fingerprint density at radius 1 is 0.838 bits per heavy atom. The average molecular weight is 583 g/mol. The van der Waals surface area contributed by atoms with Crippen molar-refractivity contribution < 1.29 is 21.6 Å². The van der Waals surface area contributed by atoms with Gasteiger partial charge in [0.15, 0.2) is 0 Å². The van der Waals surface area contributed by atoms with Gasteiger partial charge in [-0.05, 0) is 79.9 Å². The highest BCUT2D eigenvalue weighted by molar-refractivity contribution is 7.92. The van der Waals surface area contributed by atoms with Crippen LogP contribution in [0.15, 0.2) is 70.5 Å². The van der Waals surface area contributed by atoms with Crippen LogP contribution in [0.5, 0.6) is 0 Å². The van der Waals surface area contributed by atoms with Crippen LogP contribution >= 0.6 is 23.2 Å². The molecule has 196 valence electrons. The smallest absolute Gasteiger partial charge is 0.261 e. The van der Waals surface area contributed by atoms with E-state index in [-0.39, 0.29) is 20.4 Å². The molecule has 0 aliphatic carbocycles. The number of carbonyl (C=O) groups is 1. The van der Waals surface area contributed by atoms with Crippen LogP contribution in [0.4, 0.5) is 11.4 Å². The molecule has 3 aromatic carbocycles. The van der Waals surface area contributed by atoms with E-state index in [9.17, 15) is 21.6 Å². The molecular formula is C25H25Cl2N3O5S2. The van der Waals surface area contributed by atoms with Gasteiger partial charge in [0.2, 0.25) is 10.0 Å². The molecule has 1 amide bonds. The van der Waals surface area contributed by atoms with Crippen molar-refractivity contribution >= 4 is 60.5 Å². The Labute approximate surface area is 226 Å². The van der Waals surface area contributed by atoms with Gasteiger partial charge >= 0.3 is 0 Å². The van der Waals surface area contributed by atoms with Crippen LogP contribution in [0, 0.1) is 6.92 Å². The molecule has 37 heavy (non-hydrogen) atoms. The molecule has 4 rings (SSSR count). The van der Waals surface area contributed by atoms with Crippen LogP contribution < -0.4 is 10.0 Å². The minimum Gasteiger partial charge on any atom is -0.322 e. The molecular weight excluding hydrogens is 557 g/mol. The van der Waals surface area contributed by atoms with Crippen molar-refractivity contribution in [2.24, 2.45) is 0 Å². The first-order chi connectivity index (χ1) is 17.5. The number of carbonyl (C=O) groups excluding carboxylic acids is 1. The van der Waals surface area contributed by atoms with Crippen LogP contribution in [0.3, 0.4) is 0 Å². The number of nitrogens with one attached hydrogen (secondary N) is 2. The van der Waals surface area contributed by atoms with E-state index in [1.54, 1.807) is 19.1 Å². The second kappa shape index (κ2) is 11.0. The zero-order valence-electron chi connectivity index (χ0n) is 19.9. The molecule has 12 heteroatoms. The maximum atomic E-state index is 13.0. The predicted molar refractivity (Wildman–Crippen MR) is 145 cm³/mol. The number of rotatable bonds is 7. The Morgan fingerprint density at radius 2 is 1.49 bits per heavy atom. The second-order valence-electron chi connectivity index (χ2n) is 8.65. The van der Waals surface area contributed by atoms with Crippen LogP contribution in [-0.4, -0.2) is 40.1 Å². The summed E-state index contributed by atoms with van der Waals surface area (Å²) in [6.45, 7) is 2.63. The van der Waals surface area contributed by atoms with Gasteiger partial charge in [-0.15, -0.1) is 0 Å². The maximum absolute atomic E-state index is 13.0. The van der Waals surface area contributed by atoms with E-state index in [0.717, 1.165) is 19.3 Å². The van der Waals surface area contributed by atoms with E-state index in [4.69, 9.17) is 23.2 Å². The van der Waals surface area contributed by atoms with E-state index in [2.05, 4.69) is 10.0 Å². The summed E-state index contributed by atoms with van der Waals surface area (Å²) in [4.78, 5) is 12.9. The van der Waals surface area contributed by atoms with E-state index < -0.39 is 26.0 Å². The van der Waals surface area contributed by atoms with E-state index in [0.29, 0.717) is 35.1 Å². The van der Waals surface area contributed by atoms with Gasteiger partial charge in [-0.3, -0.25) is 9.52 Å². The molecule has 1 saturated heterocycles. The summed E-state index contributed by atoms with van der Waals surface area (Å²) in [5.41, 5.74) is 1.37. The molecule has 0 atom stereocenters. The first kappa shape index (κ1) is 27.4. The quantitative estimate of drug-likeness (QED) is 0.381. The van der Waals surface area contributed by atoms with Gasteiger partial charge in [0.05, 0.1) is 26.1 Å². The number of hydrogen-bond donors (Lipinski definition) is 2. The molecule has 0 bridgehead atoms. The third kappa shape index (κ3) is 6.27. The van der Waals surface area contributed by atoms with Gasteiger partial charge in [0.1, 0.15) is 0 Å². The molecule has 0 saturated carbocycles. The number of amides is 1. The summed E-state index contributed by atoms with van der Waals surface area (Å²) in [6.07, 6.45) is 2.57. The molecule has 0 aromatic heterocycles. The lowest BCUT2D eigenvalue weighted by Crippen LogP contribution is -2.35. The molecule has 0 unspecified atom stereocenters. The number of aryl methyl sites for hydroxylation is 1. The molecule has 1 aliphatic rings. The summed E-state index contributed by atoms with van der Waals surface area (Å²) < 4.78 is 55.6. The number of nitrogens with zero attached hydrogens (tertiary/aromatic N) is 1. The molecule has 1 fully saturated rings. The van der Waals surface area contributed by atoms with Gasteiger partial charge in [0, 0.05) is 23.8 Å². The minimum absolute atomic E-state index is 0.00505. The Bertz CT molecular complexity index is 1540. The predicted octanol–water partition coefficient (Wildman–Crippen LogP) is 5.53. The van der Waals surface area contributed by atoms with Crippen molar-refractivity contribution in [1.29, 1.82) is 0 Å². The fraction of sp³-hybridized carbons (Fsp3) is 0.240. The van der Waals surface area contributed by atoms with Gasteiger partial charge < -0.3 is 5.32 Å². The fourth-order valence-corrected chi connectivity index (χ4v) is 6.96. The second-order valence-corrected chi connectivity index (χ2v) is 13.1. The average Bonchev–Trinajstić information content (AvgIpc) is 2.87. The van der Waals surface area contributed by atoms with Crippen molar-refractivity contribution in [1.82, 2.24) is 4.31 Å². The van der Waals surface area contributed by atoms with E-state index in [1.807, 2.05) is 0 Å². The third-order valence-corrected chi connectivity index (χ3v) is 9.84. The topological polar surface area (TPSA) is 113 Å². The summed E-state index contributed by atoms with van der Waals surface area (Å²) in [6, 6.07) is 14.5. The van der Waals surface area contributed by atoms with Gasteiger partial charge in [-0.2, -0.15) is 4.31 Å². The van der Waals surface area contributed by atoms with Gasteiger partial charge in [0.25, 0.3) is 15.9 Å². The number of halogens is 2. The zero-order valence-corrected chi connectivity index (χ0v) is 23.0. The van der Waals surface area contributed by atoms with E-state index >= 15 is 0 Å². The van der Waals surface area contributed by atoms with Crippen molar-refractivity contribution in [3.05, 3.63) is 81.8 Å². The Balaban J connectivity index is 1.51. The van der Waals surface area contributed by atoms with Gasteiger partial charge in [-0.25, -0.2) is 16.8 Å². The van der Waals surface area contributed by atoms with Crippen molar-refractivity contribution in [3.63, 3.8) is 0 Å². The van der Waals surface area contributed by atoms with Crippen molar-refractivity contribution in [2.75, 3.05) is 23.1 Å². The van der Waals surface area contributed by atoms with Crippen LogP contribution in [0.2, 0.25) is 10.0 Å². The lowest BCUT2D eigenvalue weighted by Gasteiger charge is -2.26. The monoisotopic (exact) mass is 581 g/mol. The van der Waals surface area contributed by atoms with Crippen LogP contribution in [0.1, 0.15) is 35.2 Å². The number of benzene rings is 3. The standard InChI is InChI=1S/C25H25Cl2N3O5S2/c1-17-5-6-18(26)15-24(17)29-36(32,33)20-9-7-19(8-10-20)28-25(31)22-16-21(11-12-23(22)27)37(34,35)30-13-3-2-4-14-30/h5-12,15-16,29H,2-4,13-14H2,1H3,(H,28,31). The molecule has 2 N–H and O–H groups in total. The van der Waals surface area contributed by atoms with Gasteiger partial charge in [-0.1, -0.05) is 35.7 Å². The Hall–Kier alpha value is -2.63. The highest BCUT2D eigenvalue weighted by Gasteiger charge is 2.27. The first-order valence-electron chi connectivity index (χ1n) is 11.5. The minimum atomic E-state index is -3.90. The molecule has 3 aromatic rings. The first-order valence-corrected chi connectivity index (χ1v) is 15.2. The largest absolute Gasteiger partial charge is 0.322 e. The molecule has 0 radical (unpaired) electrons. The molecule has 8 nitrogen and oxygen atoms in total. The summed E-state index contributed by atoms with van der Waals surface area (Å²) in [5.74, 6) is -0.621. The summed E-state index contributed by atoms with van der Waals surface area (Å²) >= 11 is 12.2. The highest BCUT2D eigenvalue weighted by atomic mass is 35.5. The number of anilines is 2. The molecule has 1 heterocycles. The lowest BCUT2D eigenvalue weighted by molar-refractivity contribution is 0.102. The lowest BCUT2D eigenvalue weighted by atomic mass is 10.2. The summed E-state index contributed by atoms with van der Waals surface area (Å²) in [5, 5.41) is 3.13. The van der Waals surface area contributed by atoms with E-state index in [1.165, 1.54) is 52.8 Å². The summed E-state index contributed by atoms with van der Waals surface area (Å²) in [7, 11) is -7.65. The number of piperidine rings is 1. The maximum Gasteiger partial charge on any atom is 0.261 e. The number of hydrogen-bond acceptors (Lipinski definition) is 5. The van der Waals surface area contributed by atoms with Crippen molar-refractivity contribution in [2.45, 2.75) is 36.0 Å². The molecule has 0 spiro atoms.